The fraction of sp³-hybridized carbons (Fsp3) is 0.125. The molecule has 0 unspecified atom stereocenters. The van der Waals surface area contributed by atoms with Crippen molar-refractivity contribution >= 4 is 11.9 Å². The molecule has 0 aliphatic heterocycles. The van der Waals surface area contributed by atoms with Crippen LogP contribution in [0.25, 0.3) is 0 Å². The first-order valence-corrected chi connectivity index (χ1v) is 6.98. The molecular formula is C16H14N4O3. The number of rotatable bonds is 4. The number of hydrogen-bond acceptors (Lipinski definition) is 5. The van der Waals surface area contributed by atoms with Crippen LogP contribution in [0, 0.1) is 6.92 Å². The van der Waals surface area contributed by atoms with E-state index >= 15 is 0 Å². The first kappa shape index (κ1) is 14.7. The fourth-order valence-corrected chi connectivity index (χ4v) is 2.13. The van der Waals surface area contributed by atoms with E-state index in [9.17, 15) is 9.59 Å². The van der Waals surface area contributed by atoms with E-state index in [2.05, 4.69) is 15.5 Å². The number of aryl methyl sites for hydroxylation is 1. The van der Waals surface area contributed by atoms with E-state index < -0.39 is 5.91 Å². The molecule has 2 heterocycles. The highest BCUT2D eigenvalue weighted by molar-refractivity contribution is 6.02. The summed E-state index contributed by atoms with van der Waals surface area (Å²) in [6.45, 7) is 2.00. The second kappa shape index (κ2) is 6.27. The van der Waals surface area contributed by atoms with Crippen LogP contribution in [0.5, 0.6) is 0 Å². The molecule has 0 spiro atoms. The maximum absolute atomic E-state index is 12.4. The maximum Gasteiger partial charge on any atom is 0.322 e. The molecule has 0 atom stereocenters. The Labute approximate surface area is 131 Å². The average molecular weight is 310 g/mol. The molecule has 0 saturated carbocycles. The second-order valence-corrected chi connectivity index (χ2v) is 4.92. The van der Waals surface area contributed by atoms with Crippen molar-refractivity contribution in [1.29, 1.82) is 0 Å². The summed E-state index contributed by atoms with van der Waals surface area (Å²) in [6.07, 6.45) is 1.64. The van der Waals surface area contributed by atoms with E-state index in [0.717, 1.165) is 5.56 Å². The summed E-state index contributed by atoms with van der Waals surface area (Å²) < 4.78 is 6.55. The highest BCUT2D eigenvalue weighted by Gasteiger charge is 2.15. The lowest BCUT2D eigenvalue weighted by molar-refractivity contribution is 0.102. The number of nitrogens with zero attached hydrogens (tertiary/aromatic N) is 3. The Morgan fingerprint density at radius 1 is 1.17 bits per heavy atom. The monoisotopic (exact) mass is 310 g/mol. The van der Waals surface area contributed by atoms with E-state index in [1.54, 1.807) is 19.2 Å². The van der Waals surface area contributed by atoms with Gasteiger partial charge in [0.2, 0.25) is 5.89 Å². The summed E-state index contributed by atoms with van der Waals surface area (Å²) in [5.74, 6) is -0.254. The standard InChI is InChI=1S/C16H14N4O3/c1-11-18-19-16(23-11)17-14(21)13-8-5-9-20(15(13)22)10-12-6-3-2-4-7-12/h2-9H,10H2,1H3,(H,17,19,21). The van der Waals surface area contributed by atoms with Crippen LogP contribution in [0.3, 0.4) is 0 Å². The number of benzene rings is 1. The Morgan fingerprint density at radius 3 is 2.65 bits per heavy atom. The van der Waals surface area contributed by atoms with E-state index in [1.165, 1.54) is 10.6 Å². The number of carbonyl (C=O) groups is 1. The molecular weight excluding hydrogens is 296 g/mol. The molecule has 2 aromatic heterocycles. The van der Waals surface area contributed by atoms with Gasteiger partial charge < -0.3 is 8.98 Å². The average Bonchev–Trinajstić information content (AvgIpc) is 2.95. The van der Waals surface area contributed by atoms with Crippen molar-refractivity contribution < 1.29 is 9.21 Å². The second-order valence-electron chi connectivity index (χ2n) is 4.92. The van der Waals surface area contributed by atoms with Crippen molar-refractivity contribution in [2.24, 2.45) is 0 Å². The summed E-state index contributed by atoms with van der Waals surface area (Å²) in [4.78, 5) is 24.6. The van der Waals surface area contributed by atoms with Gasteiger partial charge in [-0.1, -0.05) is 35.4 Å². The van der Waals surface area contributed by atoms with Crippen molar-refractivity contribution in [3.8, 4) is 0 Å². The number of hydrogen-bond donors (Lipinski definition) is 1. The molecule has 0 aliphatic rings. The van der Waals surface area contributed by atoms with E-state index in [-0.39, 0.29) is 17.1 Å². The molecule has 1 amide bonds. The van der Waals surface area contributed by atoms with Crippen molar-refractivity contribution in [3.05, 3.63) is 76.0 Å². The molecule has 1 N–H and O–H groups in total. The summed E-state index contributed by atoms with van der Waals surface area (Å²) in [5, 5.41) is 9.71. The fourth-order valence-electron chi connectivity index (χ4n) is 2.13. The number of nitrogens with one attached hydrogen (secondary N) is 1. The molecule has 23 heavy (non-hydrogen) atoms. The Morgan fingerprint density at radius 2 is 1.96 bits per heavy atom. The van der Waals surface area contributed by atoms with Crippen LogP contribution in [-0.4, -0.2) is 20.7 Å². The third kappa shape index (κ3) is 3.34. The minimum atomic E-state index is -0.582. The van der Waals surface area contributed by atoms with Crippen LogP contribution in [0.4, 0.5) is 6.01 Å². The van der Waals surface area contributed by atoms with Crippen LogP contribution < -0.4 is 10.9 Å². The predicted octanol–water partition coefficient (Wildman–Crippen LogP) is 1.84. The lowest BCUT2D eigenvalue weighted by atomic mass is 10.2. The SMILES string of the molecule is Cc1nnc(NC(=O)c2cccn(Cc3ccccc3)c2=O)o1. The van der Waals surface area contributed by atoms with Crippen molar-refractivity contribution in [2.45, 2.75) is 13.5 Å². The zero-order valence-corrected chi connectivity index (χ0v) is 12.4. The molecule has 0 fully saturated rings. The predicted molar refractivity (Wildman–Crippen MR) is 83.2 cm³/mol. The third-order valence-corrected chi connectivity index (χ3v) is 3.21. The van der Waals surface area contributed by atoms with Gasteiger partial charge in [-0.05, 0) is 17.7 Å². The Balaban J connectivity index is 1.84. The normalized spacial score (nSPS) is 10.5. The van der Waals surface area contributed by atoms with Gasteiger partial charge in [0, 0.05) is 13.1 Å². The lowest BCUT2D eigenvalue weighted by Crippen LogP contribution is -2.29. The summed E-state index contributed by atoms with van der Waals surface area (Å²) in [7, 11) is 0. The zero-order valence-electron chi connectivity index (χ0n) is 12.4. The molecule has 0 saturated heterocycles. The topological polar surface area (TPSA) is 90.0 Å². The molecule has 3 aromatic rings. The van der Waals surface area contributed by atoms with Crippen LogP contribution in [-0.2, 0) is 6.54 Å². The van der Waals surface area contributed by atoms with Crippen LogP contribution >= 0.6 is 0 Å². The van der Waals surface area contributed by atoms with Crippen LogP contribution in [0.15, 0.2) is 57.9 Å². The lowest BCUT2D eigenvalue weighted by Gasteiger charge is -2.07. The van der Waals surface area contributed by atoms with Gasteiger partial charge >= 0.3 is 6.01 Å². The van der Waals surface area contributed by atoms with Gasteiger partial charge in [0.25, 0.3) is 11.5 Å². The van der Waals surface area contributed by atoms with Gasteiger partial charge in [-0.2, -0.15) is 0 Å². The number of aromatic nitrogens is 3. The number of amides is 1. The van der Waals surface area contributed by atoms with Crippen molar-refractivity contribution in [2.75, 3.05) is 5.32 Å². The van der Waals surface area contributed by atoms with Gasteiger partial charge in [-0.25, -0.2) is 0 Å². The summed E-state index contributed by atoms with van der Waals surface area (Å²) in [6, 6.07) is 12.6. The maximum atomic E-state index is 12.4. The largest absolute Gasteiger partial charge is 0.408 e. The molecule has 1 aromatic carbocycles. The van der Waals surface area contributed by atoms with Crippen LogP contribution in [0.2, 0.25) is 0 Å². The van der Waals surface area contributed by atoms with E-state index in [1.807, 2.05) is 30.3 Å². The summed E-state index contributed by atoms with van der Waals surface area (Å²) >= 11 is 0. The van der Waals surface area contributed by atoms with Gasteiger partial charge in [-0.15, -0.1) is 5.10 Å². The first-order chi connectivity index (χ1) is 11.1. The van der Waals surface area contributed by atoms with Crippen LogP contribution in [0.1, 0.15) is 21.8 Å². The molecule has 3 rings (SSSR count). The Kier molecular flexibility index (Phi) is 4.01. The summed E-state index contributed by atoms with van der Waals surface area (Å²) in [5.41, 5.74) is 0.601. The smallest absolute Gasteiger partial charge is 0.322 e. The minimum Gasteiger partial charge on any atom is -0.408 e. The number of pyridine rings is 1. The molecule has 7 nitrogen and oxygen atoms in total. The first-order valence-electron chi connectivity index (χ1n) is 6.98. The Bertz CT molecular complexity index is 884. The van der Waals surface area contributed by atoms with Gasteiger partial charge in [0.05, 0.1) is 6.54 Å². The quantitative estimate of drug-likeness (QED) is 0.794. The Hall–Kier alpha value is -3.22. The number of anilines is 1. The molecule has 0 bridgehead atoms. The van der Waals surface area contributed by atoms with E-state index in [4.69, 9.17) is 4.42 Å². The highest BCUT2D eigenvalue weighted by Crippen LogP contribution is 2.06. The van der Waals surface area contributed by atoms with Crippen molar-refractivity contribution in [1.82, 2.24) is 14.8 Å². The molecule has 116 valence electrons. The molecule has 0 aliphatic carbocycles. The third-order valence-electron chi connectivity index (χ3n) is 3.21. The number of carbonyl (C=O) groups excluding carboxylic acids is 1. The van der Waals surface area contributed by atoms with Gasteiger partial charge in [0.1, 0.15) is 5.56 Å². The molecule has 7 heteroatoms. The highest BCUT2D eigenvalue weighted by atomic mass is 16.4. The minimum absolute atomic E-state index is 0.0132. The van der Waals surface area contributed by atoms with Gasteiger partial charge in [0.15, 0.2) is 0 Å². The van der Waals surface area contributed by atoms with E-state index in [0.29, 0.717) is 12.4 Å². The van der Waals surface area contributed by atoms with Gasteiger partial charge in [-0.3, -0.25) is 14.9 Å². The molecule has 0 radical (unpaired) electrons. The van der Waals surface area contributed by atoms with Crippen molar-refractivity contribution in [3.63, 3.8) is 0 Å². The zero-order chi connectivity index (χ0) is 16.2.